The van der Waals surface area contributed by atoms with Crippen molar-refractivity contribution in [3.63, 3.8) is 0 Å². The molecule has 4 rings (SSSR count). The quantitative estimate of drug-likeness (QED) is 0.435. The van der Waals surface area contributed by atoms with Crippen molar-refractivity contribution in [3.05, 3.63) is 109 Å². The van der Waals surface area contributed by atoms with Crippen molar-refractivity contribution in [3.8, 4) is 11.5 Å². The van der Waals surface area contributed by atoms with Crippen LogP contribution in [0.3, 0.4) is 0 Å². The van der Waals surface area contributed by atoms with Gasteiger partial charge in [0.15, 0.2) is 5.75 Å². The molecule has 0 spiro atoms. The molecule has 0 radical (unpaired) electrons. The number of rotatable bonds is 4. The largest absolute Gasteiger partial charge is 0.573 e. The highest BCUT2D eigenvalue weighted by Crippen LogP contribution is 2.35. The molecule has 0 bridgehead atoms. The van der Waals surface area contributed by atoms with Crippen LogP contribution < -0.4 is 19.3 Å². The Hall–Kier alpha value is -4.08. The zero-order valence-electron chi connectivity index (χ0n) is 17.2. The predicted octanol–water partition coefficient (Wildman–Crippen LogP) is 7.18. The Morgan fingerprint density at radius 3 is 1.59 bits per heavy atom. The Morgan fingerprint density at radius 1 is 0.559 bits per heavy atom. The zero-order valence-corrected chi connectivity index (χ0v) is 17.2. The lowest BCUT2D eigenvalue weighted by molar-refractivity contribution is -0.275. The predicted molar refractivity (Wildman–Crippen MR) is 115 cm³/mol. The summed E-state index contributed by atoms with van der Waals surface area (Å²) in [7, 11) is 0. The van der Waals surface area contributed by atoms with E-state index in [9.17, 15) is 26.3 Å². The highest BCUT2D eigenvalue weighted by Gasteiger charge is 2.33. The van der Waals surface area contributed by atoms with E-state index in [0.29, 0.717) is 5.69 Å². The molecule has 2 aliphatic rings. The number of ether oxygens (including phenoxy) is 2. The molecule has 34 heavy (non-hydrogen) atoms. The summed E-state index contributed by atoms with van der Waals surface area (Å²) >= 11 is 0. The van der Waals surface area contributed by atoms with Crippen LogP contribution in [-0.2, 0) is 0 Å². The van der Waals surface area contributed by atoms with Crippen LogP contribution in [0.5, 0.6) is 11.5 Å². The molecule has 0 aromatic heterocycles. The third-order valence-electron chi connectivity index (χ3n) is 4.73. The van der Waals surface area contributed by atoms with Crippen molar-refractivity contribution < 1.29 is 35.8 Å². The standard InChI is InChI=1S/C24H16F6N2O2/c25-23(26,27)33-20-7-5-19(6-8-20)31-13-9-17(10-14-31)18-11-15-32(16-12-18)21-3-1-2-4-22(21)34-24(28,29)30/h1-16H. The van der Waals surface area contributed by atoms with Gasteiger partial charge < -0.3 is 19.3 Å². The summed E-state index contributed by atoms with van der Waals surface area (Å²) in [6.45, 7) is 0. The zero-order chi connectivity index (χ0) is 24.3. The summed E-state index contributed by atoms with van der Waals surface area (Å²) in [6.07, 6.45) is 4.26. The molecule has 0 amide bonds. The maximum Gasteiger partial charge on any atom is 0.573 e. The summed E-state index contributed by atoms with van der Waals surface area (Å²) in [5, 5.41) is 0. The number of anilines is 2. The number of para-hydroxylation sites is 2. The summed E-state index contributed by atoms with van der Waals surface area (Å²) in [5.41, 5.74) is 2.51. The van der Waals surface area contributed by atoms with Crippen molar-refractivity contribution >= 4 is 11.4 Å². The molecular weight excluding hydrogens is 462 g/mol. The van der Waals surface area contributed by atoms with Gasteiger partial charge in [0.25, 0.3) is 0 Å². The van der Waals surface area contributed by atoms with E-state index in [-0.39, 0.29) is 17.2 Å². The van der Waals surface area contributed by atoms with E-state index >= 15 is 0 Å². The molecule has 2 aliphatic heterocycles. The molecule has 0 fully saturated rings. The highest BCUT2D eigenvalue weighted by atomic mass is 19.4. The van der Waals surface area contributed by atoms with E-state index in [1.54, 1.807) is 60.1 Å². The first-order chi connectivity index (χ1) is 16.1. The average Bonchev–Trinajstić information content (AvgIpc) is 2.78. The van der Waals surface area contributed by atoms with Crippen LogP contribution >= 0.6 is 0 Å². The Morgan fingerprint density at radius 2 is 1.06 bits per heavy atom. The third kappa shape index (κ3) is 5.83. The van der Waals surface area contributed by atoms with Crippen LogP contribution in [0.1, 0.15) is 0 Å². The monoisotopic (exact) mass is 478 g/mol. The fourth-order valence-corrected chi connectivity index (χ4v) is 3.27. The minimum Gasteiger partial charge on any atom is -0.406 e. The van der Waals surface area contributed by atoms with Crippen LogP contribution in [0.4, 0.5) is 37.7 Å². The highest BCUT2D eigenvalue weighted by molar-refractivity contribution is 5.66. The van der Waals surface area contributed by atoms with Gasteiger partial charge in [0.2, 0.25) is 0 Å². The number of alkyl halides is 6. The lowest BCUT2D eigenvalue weighted by Gasteiger charge is -2.23. The molecular formula is C24H16F6N2O2. The lowest BCUT2D eigenvalue weighted by atomic mass is 10.0. The Labute approximate surface area is 190 Å². The van der Waals surface area contributed by atoms with E-state index in [2.05, 4.69) is 9.47 Å². The van der Waals surface area contributed by atoms with Crippen LogP contribution in [0.15, 0.2) is 109 Å². The first-order valence-electron chi connectivity index (χ1n) is 9.82. The van der Waals surface area contributed by atoms with Gasteiger partial charge in [-0.25, -0.2) is 0 Å². The number of benzene rings is 2. The Balaban J connectivity index is 1.45. The van der Waals surface area contributed by atoms with Gasteiger partial charge in [-0.2, -0.15) is 0 Å². The fourth-order valence-electron chi connectivity index (χ4n) is 3.27. The van der Waals surface area contributed by atoms with E-state index in [1.807, 2.05) is 0 Å². The van der Waals surface area contributed by atoms with E-state index in [4.69, 9.17) is 0 Å². The molecule has 0 N–H and O–H groups in total. The molecule has 0 saturated heterocycles. The molecule has 176 valence electrons. The van der Waals surface area contributed by atoms with Crippen LogP contribution in [-0.4, -0.2) is 12.7 Å². The second-order valence-corrected chi connectivity index (χ2v) is 7.05. The smallest absolute Gasteiger partial charge is 0.406 e. The average molecular weight is 478 g/mol. The van der Waals surface area contributed by atoms with Gasteiger partial charge in [-0.15, -0.1) is 26.3 Å². The van der Waals surface area contributed by atoms with Gasteiger partial charge in [0, 0.05) is 30.5 Å². The van der Waals surface area contributed by atoms with Crippen molar-refractivity contribution in [2.24, 2.45) is 0 Å². The van der Waals surface area contributed by atoms with Crippen molar-refractivity contribution in [1.82, 2.24) is 0 Å². The van der Waals surface area contributed by atoms with Gasteiger partial charge in [0.05, 0.1) is 5.69 Å². The maximum atomic E-state index is 12.7. The lowest BCUT2D eigenvalue weighted by Crippen LogP contribution is -2.19. The Bertz CT molecular complexity index is 1160. The number of halogens is 6. The van der Waals surface area contributed by atoms with Crippen LogP contribution in [0.2, 0.25) is 0 Å². The molecule has 2 heterocycles. The number of allylic oxidation sites excluding steroid dienone is 6. The number of nitrogens with zero attached hydrogens (tertiary/aromatic N) is 2. The van der Waals surface area contributed by atoms with E-state index in [1.165, 1.54) is 47.4 Å². The van der Waals surface area contributed by atoms with E-state index in [0.717, 1.165) is 11.1 Å². The summed E-state index contributed by atoms with van der Waals surface area (Å²) in [6, 6.07) is 11.2. The van der Waals surface area contributed by atoms with Gasteiger partial charge in [0.1, 0.15) is 5.75 Å². The molecule has 0 unspecified atom stereocenters. The van der Waals surface area contributed by atoms with Gasteiger partial charge in [-0.05, 0) is 71.8 Å². The normalized spacial score (nSPS) is 15.8. The first kappa shape index (κ1) is 23.1. The molecule has 0 atom stereocenters. The molecule has 2 aromatic carbocycles. The molecule has 4 nitrogen and oxygen atoms in total. The number of hydrogen-bond donors (Lipinski definition) is 0. The molecule has 10 heteroatoms. The third-order valence-corrected chi connectivity index (χ3v) is 4.73. The fraction of sp³-hybridized carbons (Fsp3) is 0.0833. The van der Waals surface area contributed by atoms with Gasteiger partial charge in [-0.3, -0.25) is 0 Å². The second-order valence-electron chi connectivity index (χ2n) is 7.05. The van der Waals surface area contributed by atoms with Crippen molar-refractivity contribution in [2.45, 2.75) is 12.7 Å². The summed E-state index contributed by atoms with van der Waals surface area (Å²) in [4.78, 5) is 3.23. The topological polar surface area (TPSA) is 24.9 Å². The van der Waals surface area contributed by atoms with Crippen LogP contribution in [0, 0.1) is 0 Å². The molecule has 2 aromatic rings. The minimum absolute atomic E-state index is 0.232. The Kier molecular flexibility index (Phi) is 6.14. The minimum atomic E-state index is -4.80. The van der Waals surface area contributed by atoms with Gasteiger partial charge in [-0.1, -0.05) is 12.1 Å². The first-order valence-corrected chi connectivity index (χ1v) is 9.82. The van der Waals surface area contributed by atoms with Crippen molar-refractivity contribution in [2.75, 3.05) is 9.80 Å². The van der Waals surface area contributed by atoms with Crippen LogP contribution in [0.25, 0.3) is 0 Å². The molecule has 0 saturated carbocycles. The van der Waals surface area contributed by atoms with Crippen molar-refractivity contribution in [1.29, 1.82) is 0 Å². The molecule has 0 aliphatic carbocycles. The maximum absolute atomic E-state index is 12.7. The second kappa shape index (κ2) is 9.05. The van der Waals surface area contributed by atoms with Gasteiger partial charge >= 0.3 is 12.7 Å². The summed E-state index contributed by atoms with van der Waals surface area (Å²) < 4.78 is 82.9. The SMILES string of the molecule is FC(F)(F)Oc1ccc(N2C=CC(=C3C=CN(c4ccccc4OC(F)(F)F)C=C3)C=C2)cc1. The number of hydrogen-bond acceptors (Lipinski definition) is 4. The van der Waals surface area contributed by atoms with E-state index < -0.39 is 12.7 Å². The summed E-state index contributed by atoms with van der Waals surface area (Å²) in [5.74, 6) is -0.631.